The number of benzene rings is 2. The monoisotopic (exact) mass is 618 g/mol. The maximum Gasteiger partial charge on any atom is 0.303 e. The second-order valence-corrected chi connectivity index (χ2v) is 12.1. The van der Waals surface area contributed by atoms with Crippen molar-refractivity contribution in [1.82, 2.24) is 0 Å². The summed E-state index contributed by atoms with van der Waals surface area (Å²) in [6.45, 7) is 6.96. The van der Waals surface area contributed by atoms with Crippen LogP contribution in [0.25, 0.3) is 0 Å². The highest BCUT2D eigenvalue weighted by molar-refractivity contribution is 5.66. The van der Waals surface area contributed by atoms with Gasteiger partial charge in [0.05, 0.1) is 38.6 Å². The van der Waals surface area contributed by atoms with Crippen molar-refractivity contribution >= 4 is 5.97 Å². The van der Waals surface area contributed by atoms with Gasteiger partial charge in [-0.15, -0.1) is 0 Å². The molecule has 0 radical (unpaired) electrons. The van der Waals surface area contributed by atoms with Crippen LogP contribution in [0.15, 0.2) is 97.1 Å². The zero-order valence-corrected chi connectivity index (χ0v) is 26.5. The molecule has 0 spiro atoms. The summed E-state index contributed by atoms with van der Waals surface area (Å²) in [5.74, 6) is -1.00. The molecule has 3 heterocycles. The largest absolute Gasteiger partial charge is 0.459 e. The van der Waals surface area contributed by atoms with E-state index in [2.05, 4.69) is 36.4 Å². The number of esters is 1. The van der Waals surface area contributed by atoms with Crippen LogP contribution >= 0.6 is 0 Å². The van der Waals surface area contributed by atoms with Gasteiger partial charge in [0.25, 0.3) is 0 Å². The van der Waals surface area contributed by atoms with Crippen molar-refractivity contribution in [3.05, 3.63) is 108 Å². The number of hydrogen-bond donors (Lipinski definition) is 0. The number of hydrogen-bond acceptors (Lipinski definition) is 8. The molecule has 0 unspecified atom stereocenters. The van der Waals surface area contributed by atoms with Gasteiger partial charge in [-0.05, 0) is 37.8 Å². The number of carbonyl (C=O) groups excluding carboxylic acids is 1. The molecular formula is C37H46O8. The Bertz CT molecular complexity index is 1270. The Kier molecular flexibility index (Phi) is 12.2. The maximum atomic E-state index is 12.1. The number of carbonyl (C=O) groups is 1. The predicted molar refractivity (Wildman–Crippen MR) is 170 cm³/mol. The van der Waals surface area contributed by atoms with E-state index >= 15 is 0 Å². The molecule has 8 nitrogen and oxygen atoms in total. The summed E-state index contributed by atoms with van der Waals surface area (Å²) in [4.78, 5) is 12.1. The fraction of sp³-hybridized carbons (Fsp3) is 0.486. The minimum atomic E-state index is -0.649. The molecular weight excluding hydrogens is 572 g/mol. The molecule has 2 aromatic rings. The normalized spacial score (nSPS) is 31.5. The third kappa shape index (κ3) is 10.5. The Labute approximate surface area is 266 Å². The molecule has 5 rings (SSSR count). The SMILES string of the molecule is CC(=O)O[C@H]1C/C=C\C[C@H]2O[C@@H](COCc3ccccc3)[C@H](OCc3ccccc3)C/C=C\[C@@H]2O[C@@H]1C=C[C@H]1COC(C)(C)O1. The fourth-order valence-electron chi connectivity index (χ4n) is 5.71. The van der Waals surface area contributed by atoms with Gasteiger partial charge in [-0.2, -0.15) is 0 Å². The first-order valence-electron chi connectivity index (χ1n) is 15.9. The summed E-state index contributed by atoms with van der Waals surface area (Å²) >= 11 is 0. The van der Waals surface area contributed by atoms with Gasteiger partial charge in [0.15, 0.2) is 5.79 Å². The summed E-state index contributed by atoms with van der Waals surface area (Å²) in [6, 6.07) is 20.3. The van der Waals surface area contributed by atoms with E-state index in [1.165, 1.54) is 6.92 Å². The number of ether oxygens (including phenoxy) is 7. The van der Waals surface area contributed by atoms with Gasteiger partial charge in [0.2, 0.25) is 0 Å². The highest BCUT2D eigenvalue weighted by Crippen LogP contribution is 2.28. The fourth-order valence-corrected chi connectivity index (χ4v) is 5.71. The second-order valence-electron chi connectivity index (χ2n) is 12.1. The summed E-state index contributed by atoms with van der Waals surface area (Å²) in [5.41, 5.74) is 2.20. The first-order valence-corrected chi connectivity index (χ1v) is 15.9. The van der Waals surface area contributed by atoms with Gasteiger partial charge in [0, 0.05) is 13.3 Å². The van der Waals surface area contributed by atoms with Crippen LogP contribution in [0.1, 0.15) is 51.2 Å². The molecule has 0 saturated carbocycles. The van der Waals surface area contributed by atoms with E-state index in [1.807, 2.05) is 74.5 Å². The molecule has 45 heavy (non-hydrogen) atoms. The average Bonchev–Trinajstić information content (AvgIpc) is 3.40. The summed E-state index contributed by atoms with van der Waals surface area (Å²) < 4.78 is 43.7. The standard InChI is InChI=1S/C37H46O8/c1-27(38)42-32-17-10-11-18-33-34(43-35(32)22-21-30-25-41-37(2,3)45-30)20-12-19-31(40-24-29-15-8-5-9-16-29)36(44-33)26-39-23-28-13-6-4-7-14-28/h4-16,20-22,30-36H,17-19,23-26H2,1-3H3/b11-10-,20-12-,22-21?/t30-,31+,32-,33+,34-,35+,36-/m0/s1. The minimum Gasteiger partial charge on any atom is -0.459 e. The third-order valence-corrected chi connectivity index (χ3v) is 7.97. The van der Waals surface area contributed by atoms with E-state index in [1.54, 1.807) is 0 Å². The molecule has 0 aromatic heterocycles. The molecule has 0 N–H and O–H groups in total. The summed E-state index contributed by atoms with van der Waals surface area (Å²) in [6.07, 6.45) is 11.4. The zero-order chi connectivity index (χ0) is 31.5. The summed E-state index contributed by atoms with van der Waals surface area (Å²) in [7, 11) is 0. The molecule has 1 saturated heterocycles. The van der Waals surface area contributed by atoms with Crippen molar-refractivity contribution in [3.8, 4) is 0 Å². The molecule has 0 aliphatic carbocycles. The van der Waals surface area contributed by atoms with Crippen molar-refractivity contribution in [2.24, 2.45) is 0 Å². The van der Waals surface area contributed by atoms with Crippen molar-refractivity contribution in [3.63, 3.8) is 0 Å². The van der Waals surface area contributed by atoms with Gasteiger partial charge in [-0.25, -0.2) is 0 Å². The van der Waals surface area contributed by atoms with Crippen LogP contribution in [-0.4, -0.2) is 67.7 Å². The van der Waals surface area contributed by atoms with Crippen LogP contribution in [0.5, 0.6) is 0 Å². The molecule has 1 fully saturated rings. The topological polar surface area (TPSA) is 81.7 Å². The van der Waals surface area contributed by atoms with Crippen LogP contribution in [0.3, 0.4) is 0 Å². The molecule has 242 valence electrons. The second kappa shape index (κ2) is 16.5. The van der Waals surface area contributed by atoms with Crippen LogP contribution in [0, 0.1) is 0 Å². The van der Waals surface area contributed by atoms with Crippen molar-refractivity contribution in [2.75, 3.05) is 13.2 Å². The predicted octanol–water partition coefficient (Wildman–Crippen LogP) is 6.25. The Balaban J connectivity index is 1.35. The summed E-state index contributed by atoms with van der Waals surface area (Å²) in [5, 5.41) is 0. The highest BCUT2D eigenvalue weighted by atomic mass is 16.7. The first kappa shape index (κ1) is 33.3. The molecule has 8 heteroatoms. The van der Waals surface area contributed by atoms with Gasteiger partial charge < -0.3 is 33.2 Å². The Morgan fingerprint density at radius 1 is 0.867 bits per heavy atom. The lowest BCUT2D eigenvalue weighted by atomic mass is 10.0. The van der Waals surface area contributed by atoms with E-state index in [0.29, 0.717) is 45.7 Å². The lowest BCUT2D eigenvalue weighted by molar-refractivity contribution is -0.174. The molecule has 3 aliphatic heterocycles. The smallest absolute Gasteiger partial charge is 0.303 e. The molecule has 0 amide bonds. The molecule has 3 aliphatic rings. The number of fused-ring (bicyclic) bond motifs is 1. The average molecular weight is 619 g/mol. The lowest BCUT2D eigenvalue weighted by Crippen LogP contribution is -2.45. The van der Waals surface area contributed by atoms with Crippen LogP contribution in [0.4, 0.5) is 0 Å². The van der Waals surface area contributed by atoms with Crippen LogP contribution < -0.4 is 0 Å². The maximum absolute atomic E-state index is 12.1. The zero-order valence-electron chi connectivity index (χ0n) is 26.5. The van der Waals surface area contributed by atoms with Crippen LogP contribution in [0.2, 0.25) is 0 Å². The van der Waals surface area contributed by atoms with Gasteiger partial charge >= 0.3 is 5.97 Å². The Morgan fingerprint density at radius 2 is 1.56 bits per heavy atom. The quantitative estimate of drug-likeness (QED) is 0.229. The number of rotatable bonds is 10. The van der Waals surface area contributed by atoms with E-state index in [-0.39, 0.29) is 30.4 Å². The van der Waals surface area contributed by atoms with E-state index < -0.39 is 24.1 Å². The highest BCUT2D eigenvalue weighted by Gasteiger charge is 2.36. The first-order chi connectivity index (χ1) is 21.8. The van der Waals surface area contributed by atoms with E-state index in [9.17, 15) is 4.79 Å². The lowest BCUT2D eigenvalue weighted by Gasteiger charge is -2.36. The molecule has 0 bridgehead atoms. The minimum absolute atomic E-state index is 0.220. The Hall–Kier alpha value is -3.11. The van der Waals surface area contributed by atoms with Crippen LogP contribution in [-0.2, 0) is 51.2 Å². The molecule has 7 atom stereocenters. The van der Waals surface area contributed by atoms with E-state index in [4.69, 9.17) is 33.2 Å². The Morgan fingerprint density at radius 3 is 2.24 bits per heavy atom. The van der Waals surface area contributed by atoms with Gasteiger partial charge in [-0.3, -0.25) is 4.79 Å². The van der Waals surface area contributed by atoms with Crippen molar-refractivity contribution in [1.29, 1.82) is 0 Å². The van der Waals surface area contributed by atoms with Crippen molar-refractivity contribution in [2.45, 2.75) is 102 Å². The molecule has 2 aromatic carbocycles. The van der Waals surface area contributed by atoms with E-state index in [0.717, 1.165) is 11.1 Å². The van der Waals surface area contributed by atoms with Crippen molar-refractivity contribution < 1.29 is 38.0 Å². The van der Waals surface area contributed by atoms with Gasteiger partial charge in [-0.1, -0.05) is 97.1 Å². The third-order valence-electron chi connectivity index (χ3n) is 7.97. The van der Waals surface area contributed by atoms with Gasteiger partial charge in [0.1, 0.15) is 30.5 Å².